The molecule has 0 radical (unpaired) electrons. The van der Waals surface area contributed by atoms with Gasteiger partial charge >= 0.3 is 5.97 Å². The van der Waals surface area contributed by atoms with Gasteiger partial charge in [-0.3, -0.25) is 0 Å². The van der Waals surface area contributed by atoms with E-state index in [0.717, 1.165) is 26.8 Å². The third-order valence-corrected chi connectivity index (χ3v) is 6.42. The summed E-state index contributed by atoms with van der Waals surface area (Å²) in [5, 5.41) is 3.36. The maximum absolute atomic E-state index is 12.3. The minimum Gasteiger partial charge on any atom is -0.468 e. The molecule has 106 valence electrons. The third-order valence-electron chi connectivity index (χ3n) is 3.47. The zero-order valence-electron chi connectivity index (χ0n) is 10.9. The van der Waals surface area contributed by atoms with Crippen LogP contribution in [0.5, 0.6) is 0 Å². The number of esters is 1. The average Bonchev–Trinajstić information content (AvgIpc) is 3.20. The first-order valence-electron chi connectivity index (χ1n) is 6.24. The molecule has 1 N–H and O–H groups in total. The largest absolute Gasteiger partial charge is 0.468 e. The Morgan fingerprint density at radius 2 is 2.32 bits per heavy atom. The summed E-state index contributed by atoms with van der Waals surface area (Å²) in [5.41, 5.74) is -0.618. The van der Waals surface area contributed by atoms with Gasteiger partial charge in [-0.05, 0) is 70.5 Å². The van der Waals surface area contributed by atoms with Gasteiger partial charge in [-0.1, -0.05) is 6.92 Å². The second kappa shape index (κ2) is 6.25. The Labute approximate surface area is 140 Å². The van der Waals surface area contributed by atoms with E-state index in [9.17, 15) is 4.79 Å². The molecule has 0 bridgehead atoms. The highest BCUT2D eigenvalue weighted by Crippen LogP contribution is 2.41. The monoisotopic (exact) mass is 489 g/mol. The van der Waals surface area contributed by atoms with Gasteiger partial charge in [-0.25, -0.2) is 9.78 Å². The minimum atomic E-state index is -0.618. The fraction of sp³-hybridized carbons (Fsp3) is 0.667. The number of carbonyl (C=O) groups excluding carboxylic acids is 1. The third kappa shape index (κ3) is 3.07. The van der Waals surface area contributed by atoms with E-state index < -0.39 is 5.54 Å². The van der Waals surface area contributed by atoms with Crippen LogP contribution in [0.4, 0.5) is 0 Å². The highest BCUT2D eigenvalue weighted by atomic mass is 127. The van der Waals surface area contributed by atoms with Crippen LogP contribution in [-0.4, -0.2) is 34.7 Å². The van der Waals surface area contributed by atoms with E-state index in [4.69, 9.17) is 4.74 Å². The predicted molar refractivity (Wildman–Crippen MR) is 88.8 cm³/mol. The molecule has 2 rings (SSSR count). The van der Waals surface area contributed by atoms with E-state index in [-0.39, 0.29) is 5.97 Å². The van der Waals surface area contributed by atoms with Crippen molar-refractivity contribution in [2.24, 2.45) is 5.92 Å². The summed E-state index contributed by atoms with van der Waals surface area (Å²) >= 11 is 4.46. The van der Waals surface area contributed by atoms with Crippen molar-refractivity contribution < 1.29 is 9.53 Å². The molecule has 0 saturated heterocycles. The van der Waals surface area contributed by atoms with Gasteiger partial charge in [0.2, 0.25) is 0 Å². The number of rotatable bonds is 6. The summed E-state index contributed by atoms with van der Waals surface area (Å²) in [6, 6.07) is 0. The first-order chi connectivity index (χ1) is 9.05. The zero-order chi connectivity index (χ0) is 14.0. The number of carbonyl (C=O) groups is 1. The van der Waals surface area contributed by atoms with Crippen molar-refractivity contribution in [3.63, 3.8) is 0 Å². The standard InChI is InChI=1S/C12H17I2N3O2/c1-3-16-12(8-4-5-8,11(18)19-2)6-17-7-15-9(13)10(17)14/h7-8,16H,3-6H2,1-2H3. The SMILES string of the molecule is CCNC(Cn1cnc(I)c1I)(C(=O)OC)C1CC1. The minimum absolute atomic E-state index is 0.170. The smallest absolute Gasteiger partial charge is 0.328 e. The number of nitrogens with zero attached hydrogens (tertiary/aromatic N) is 2. The van der Waals surface area contributed by atoms with E-state index in [0.29, 0.717) is 12.5 Å². The number of hydrogen-bond donors (Lipinski definition) is 1. The Balaban J connectivity index is 2.31. The first kappa shape index (κ1) is 15.5. The number of methoxy groups -OCH3 is 1. The summed E-state index contributed by atoms with van der Waals surface area (Å²) in [7, 11) is 1.46. The van der Waals surface area contributed by atoms with Crippen LogP contribution in [0.25, 0.3) is 0 Å². The molecule has 0 aliphatic heterocycles. The van der Waals surface area contributed by atoms with Crippen molar-refractivity contribution in [3.8, 4) is 0 Å². The van der Waals surface area contributed by atoms with Crippen LogP contribution in [0.2, 0.25) is 0 Å². The Kier molecular flexibility index (Phi) is 5.09. The molecular weight excluding hydrogens is 472 g/mol. The maximum atomic E-state index is 12.3. The van der Waals surface area contributed by atoms with Gasteiger partial charge in [0.1, 0.15) is 12.9 Å². The van der Waals surface area contributed by atoms with Gasteiger partial charge in [-0.2, -0.15) is 0 Å². The fourth-order valence-corrected chi connectivity index (χ4v) is 3.30. The van der Waals surface area contributed by atoms with Crippen LogP contribution >= 0.6 is 45.2 Å². The van der Waals surface area contributed by atoms with Crippen molar-refractivity contribution in [2.45, 2.75) is 31.8 Å². The molecule has 0 aromatic carbocycles. The molecule has 7 heteroatoms. The van der Waals surface area contributed by atoms with Gasteiger partial charge in [0.25, 0.3) is 0 Å². The molecule has 1 saturated carbocycles. The van der Waals surface area contributed by atoms with Crippen molar-refractivity contribution >= 4 is 51.2 Å². The summed E-state index contributed by atoms with van der Waals surface area (Å²) in [6.07, 6.45) is 3.94. The highest BCUT2D eigenvalue weighted by Gasteiger charge is 2.51. The van der Waals surface area contributed by atoms with Gasteiger partial charge < -0.3 is 14.6 Å². The number of aromatic nitrogens is 2. The lowest BCUT2D eigenvalue weighted by molar-refractivity contribution is -0.150. The zero-order valence-corrected chi connectivity index (χ0v) is 15.3. The number of halogens is 2. The molecule has 1 fully saturated rings. The van der Waals surface area contributed by atoms with Crippen LogP contribution in [0.15, 0.2) is 6.33 Å². The summed E-state index contributed by atoms with van der Waals surface area (Å²) in [4.78, 5) is 16.6. The van der Waals surface area contributed by atoms with Gasteiger partial charge in [-0.15, -0.1) is 0 Å². The number of nitrogens with one attached hydrogen (secondary N) is 1. The molecule has 1 aromatic heterocycles. The lowest BCUT2D eigenvalue weighted by Crippen LogP contribution is -2.57. The molecule has 5 nitrogen and oxygen atoms in total. The molecule has 0 amide bonds. The van der Waals surface area contributed by atoms with Crippen molar-refractivity contribution in [3.05, 3.63) is 13.7 Å². The molecule has 1 aliphatic carbocycles. The fourth-order valence-electron chi connectivity index (χ4n) is 2.43. The Hall–Kier alpha value is 0.1000. The first-order valence-corrected chi connectivity index (χ1v) is 8.40. The molecular formula is C12H17I2N3O2. The second-order valence-corrected chi connectivity index (χ2v) is 6.77. The topological polar surface area (TPSA) is 56.2 Å². The van der Waals surface area contributed by atoms with Gasteiger partial charge in [0.05, 0.1) is 20.0 Å². The molecule has 1 atom stereocenters. The Bertz CT molecular complexity index is 474. The number of imidazole rings is 1. The molecule has 19 heavy (non-hydrogen) atoms. The van der Waals surface area contributed by atoms with Crippen LogP contribution < -0.4 is 5.32 Å². The van der Waals surface area contributed by atoms with E-state index in [2.05, 4.69) is 55.5 Å². The molecule has 1 aromatic rings. The van der Waals surface area contributed by atoms with Crippen LogP contribution in [0.1, 0.15) is 19.8 Å². The summed E-state index contributed by atoms with van der Waals surface area (Å²) in [5.74, 6) is 0.187. The lowest BCUT2D eigenvalue weighted by Gasteiger charge is -2.32. The van der Waals surface area contributed by atoms with Crippen LogP contribution in [0.3, 0.4) is 0 Å². The van der Waals surface area contributed by atoms with E-state index in [1.165, 1.54) is 7.11 Å². The van der Waals surface area contributed by atoms with Crippen LogP contribution in [-0.2, 0) is 16.1 Å². The molecule has 0 spiro atoms. The molecule has 1 aliphatic rings. The normalized spacial score (nSPS) is 18.1. The van der Waals surface area contributed by atoms with Gasteiger partial charge in [0, 0.05) is 0 Å². The quantitative estimate of drug-likeness (QED) is 0.491. The maximum Gasteiger partial charge on any atom is 0.328 e. The van der Waals surface area contributed by atoms with Crippen molar-refractivity contribution in [2.75, 3.05) is 13.7 Å². The lowest BCUT2D eigenvalue weighted by atomic mass is 9.92. The number of hydrogen-bond acceptors (Lipinski definition) is 4. The Morgan fingerprint density at radius 1 is 1.63 bits per heavy atom. The van der Waals surface area contributed by atoms with E-state index in [1.54, 1.807) is 6.33 Å². The van der Waals surface area contributed by atoms with Gasteiger partial charge in [0.15, 0.2) is 0 Å². The highest BCUT2D eigenvalue weighted by molar-refractivity contribution is 14.1. The number of ether oxygens (including phenoxy) is 1. The summed E-state index contributed by atoms with van der Waals surface area (Å²) < 4.78 is 9.10. The average molecular weight is 489 g/mol. The predicted octanol–water partition coefficient (Wildman–Crippen LogP) is 2.02. The van der Waals surface area contributed by atoms with Crippen molar-refractivity contribution in [1.82, 2.24) is 14.9 Å². The van der Waals surface area contributed by atoms with Crippen LogP contribution in [0, 0.1) is 13.3 Å². The van der Waals surface area contributed by atoms with Crippen molar-refractivity contribution in [1.29, 1.82) is 0 Å². The summed E-state index contributed by atoms with van der Waals surface area (Å²) in [6.45, 7) is 3.34. The number of likely N-dealkylation sites (N-methyl/N-ethyl adjacent to an activating group) is 1. The molecule has 1 heterocycles. The van der Waals surface area contributed by atoms with E-state index >= 15 is 0 Å². The van der Waals surface area contributed by atoms with E-state index in [1.807, 2.05) is 11.5 Å². The Morgan fingerprint density at radius 3 is 2.74 bits per heavy atom. The molecule has 1 unspecified atom stereocenters. The second-order valence-electron chi connectivity index (χ2n) is 4.72.